The SMILES string of the molecule is O=c1n(CCl)nc2ncccn12. The van der Waals surface area contributed by atoms with Crippen molar-refractivity contribution in [3.05, 3.63) is 28.9 Å². The molecule has 0 aliphatic rings. The van der Waals surface area contributed by atoms with Crippen LogP contribution in [0.2, 0.25) is 0 Å². The molecule has 6 heteroatoms. The van der Waals surface area contributed by atoms with Crippen molar-refractivity contribution in [1.82, 2.24) is 19.2 Å². The summed E-state index contributed by atoms with van der Waals surface area (Å²) in [6.07, 6.45) is 3.17. The van der Waals surface area contributed by atoms with Crippen molar-refractivity contribution < 1.29 is 0 Å². The zero-order valence-electron chi connectivity index (χ0n) is 6.01. The summed E-state index contributed by atoms with van der Waals surface area (Å²) in [5, 5.41) is 3.85. The molecule has 0 aromatic carbocycles. The Morgan fingerprint density at radius 3 is 3.08 bits per heavy atom. The Hall–Kier alpha value is -1.36. The minimum absolute atomic E-state index is 0.0438. The molecule has 0 aliphatic carbocycles. The first-order chi connectivity index (χ1) is 5.83. The second-order valence-corrected chi connectivity index (χ2v) is 2.43. The number of nitrogens with zero attached hydrogens (tertiary/aromatic N) is 4. The van der Waals surface area contributed by atoms with Crippen molar-refractivity contribution in [2.24, 2.45) is 0 Å². The van der Waals surface area contributed by atoms with E-state index in [4.69, 9.17) is 11.6 Å². The molecule has 0 spiro atoms. The fourth-order valence-electron chi connectivity index (χ4n) is 0.939. The van der Waals surface area contributed by atoms with Gasteiger partial charge in [-0.2, -0.15) is 4.68 Å². The Morgan fingerprint density at radius 1 is 1.58 bits per heavy atom. The lowest BCUT2D eigenvalue weighted by Crippen LogP contribution is -2.19. The molecule has 0 saturated carbocycles. The number of hydrogen-bond acceptors (Lipinski definition) is 3. The average molecular weight is 185 g/mol. The molecule has 0 aliphatic heterocycles. The standard InChI is InChI=1S/C6H5ClN4O/c7-4-11-6(12)10-3-1-2-8-5(10)9-11/h1-3H,4H2. The summed E-state index contributed by atoms with van der Waals surface area (Å²) in [5.74, 6) is 0.364. The van der Waals surface area contributed by atoms with Crippen LogP contribution in [0.5, 0.6) is 0 Å². The van der Waals surface area contributed by atoms with Crippen molar-refractivity contribution in [3.8, 4) is 0 Å². The molecular weight excluding hydrogens is 180 g/mol. The minimum Gasteiger partial charge on any atom is -0.245 e. The summed E-state index contributed by atoms with van der Waals surface area (Å²) in [4.78, 5) is 15.2. The molecule has 2 rings (SSSR count). The highest BCUT2D eigenvalue weighted by molar-refractivity contribution is 6.15. The van der Waals surface area contributed by atoms with E-state index in [0.29, 0.717) is 5.78 Å². The summed E-state index contributed by atoms with van der Waals surface area (Å²) in [6, 6.07) is 1.71. The molecule has 0 bridgehead atoms. The number of halogens is 1. The first-order valence-corrected chi connectivity index (χ1v) is 3.82. The third-order valence-corrected chi connectivity index (χ3v) is 1.70. The van der Waals surface area contributed by atoms with Gasteiger partial charge in [-0.15, -0.1) is 16.7 Å². The normalized spacial score (nSPS) is 10.8. The van der Waals surface area contributed by atoms with E-state index in [1.165, 1.54) is 4.40 Å². The third-order valence-electron chi connectivity index (χ3n) is 1.48. The van der Waals surface area contributed by atoms with E-state index in [1.54, 1.807) is 18.5 Å². The van der Waals surface area contributed by atoms with Gasteiger partial charge in [0.25, 0.3) is 5.78 Å². The molecule has 0 fully saturated rings. The molecule has 0 unspecified atom stereocenters. The first-order valence-electron chi connectivity index (χ1n) is 3.29. The Bertz CT molecular complexity index is 460. The summed E-state index contributed by atoms with van der Waals surface area (Å²) in [5.41, 5.74) is -0.270. The molecule has 0 amide bonds. The van der Waals surface area contributed by atoms with Crippen molar-refractivity contribution >= 4 is 17.4 Å². The number of rotatable bonds is 1. The lowest BCUT2D eigenvalue weighted by Gasteiger charge is -1.84. The third kappa shape index (κ3) is 0.902. The minimum atomic E-state index is -0.270. The van der Waals surface area contributed by atoms with Gasteiger partial charge in [-0.1, -0.05) is 0 Å². The van der Waals surface area contributed by atoms with Gasteiger partial charge >= 0.3 is 5.69 Å². The molecule has 2 aromatic heterocycles. The van der Waals surface area contributed by atoms with Gasteiger partial charge in [0.1, 0.15) is 6.00 Å². The second kappa shape index (κ2) is 2.60. The molecule has 62 valence electrons. The van der Waals surface area contributed by atoms with Crippen LogP contribution in [0.1, 0.15) is 0 Å². The topological polar surface area (TPSA) is 52.2 Å². The van der Waals surface area contributed by atoms with Crippen LogP contribution in [0.4, 0.5) is 0 Å². The van der Waals surface area contributed by atoms with Crippen LogP contribution < -0.4 is 5.69 Å². The highest BCUT2D eigenvalue weighted by Gasteiger charge is 2.03. The Morgan fingerprint density at radius 2 is 2.42 bits per heavy atom. The van der Waals surface area contributed by atoms with E-state index in [1.807, 2.05) is 0 Å². The maximum atomic E-state index is 11.3. The first kappa shape index (κ1) is 7.30. The van der Waals surface area contributed by atoms with E-state index < -0.39 is 0 Å². The Kier molecular flexibility index (Phi) is 1.58. The van der Waals surface area contributed by atoms with Crippen LogP contribution in [0.15, 0.2) is 23.3 Å². The van der Waals surface area contributed by atoms with E-state index in [-0.39, 0.29) is 11.7 Å². The van der Waals surface area contributed by atoms with Crippen LogP contribution in [0.3, 0.4) is 0 Å². The second-order valence-electron chi connectivity index (χ2n) is 2.19. The number of hydrogen-bond donors (Lipinski definition) is 0. The average Bonchev–Trinajstić information content (AvgIpc) is 2.44. The molecule has 5 nitrogen and oxygen atoms in total. The van der Waals surface area contributed by atoms with Crippen LogP contribution >= 0.6 is 11.6 Å². The van der Waals surface area contributed by atoms with Gasteiger partial charge in [-0.25, -0.2) is 14.2 Å². The van der Waals surface area contributed by atoms with Gasteiger partial charge in [0.2, 0.25) is 0 Å². The summed E-state index contributed by atoms with van der Waals surface area (Å²) in [7, 11) is 0. The molecular formula is C6H5ClN4O. The molecule has 0 atom stereocenters. The van der Waals surface area contributed by atoms with Crippen LogP contribution in [-0.2, 0) is 6.00 Å². The maximum absolute atomic E-state index is 11.3. The summed E-state index contributed by atoms with van der Waals surface area (Å²) >= 11 is 5.46. The Balaban J connectivity index is 2.88. The highest BCUT2D eigenvalue weighted by atomic mass is 35.5. The van der Waals surface area contributed by atoms with E-state index in [2.05, 4.69) is 10.1 Å². The quantitative estimate of drug-likeness (QED) is 0.591. The molecule has 0 saturated heterocycles. The van der Waals surface area contributed by atoms with E-state index >= 15 is 0 Å². The molecule has 2 heterocycles. The van der Waals surface area contributed by atoms with Crippen LogP contribution in [-0.4, -0.2) is 19.2 Å². The number of alkyl halides is 1. The molecule has 0 radical (unpaired) electrons. The van der Waals surface area contributed by atoms with Gasteiger partial charge in [0.05, 0.1) is 0 Å². The maximum Gasteiger partial charge on any atom is 0.352 e. The number of fused-ring (bicyclic) bond motifs is 1. The highest BCUT2D eigenvalue weighted by Crippen LogP contribution is 1.90. The van der Waals surface area contributed by atoms with Crippen molar-refractivity contribution in [2.75, 3.05) is 0 Å². The van der Waals surface area contributed by atoms with Gasteiger partial charge in [-0.05, 0) is 6.07 Å². The van der Waals surface area contributed by atoms with Gasteiger partial charge in [0.15, 0.2) is 0 Å². The molecule has 12 heavy (non-hydrogen) atoms. The van der Waals surface area contributed by atoms with Crippen molar-refractivity contribution in [2.45, 2.75) is 6.00 Å². The fourth-order valence-corrected chi connectivity index (χ4v) is 1.10. The monoisotopic (exact) mass is 184 g/mol. The predicted molar refractivity (Wildman–Crippen MR) is 43.1 cm³/mol. The Labute approximate surface area is 72.2 Å². The number of aromatic nitrogens is 4. The molecule has 2 aromatic rings. The summed E-state index contributed by atoms with van der Waals surface area (Å²) in [6.45, 7) is 0. The molecule has 0 N–H and O–H groups in total. The van der Waals surface area contributed by atoms with Crippen molar-refractivity contribution in [3.63, 3.8) is 0 Å². The lowest BCUT2D eigenvalue weighted by atomic mass is 10.7. The van der Waals surface area contributed by atoms with Gasteiger partial charge in [0, 0.05) is 12.4 Å². The largest absolute Gasteiger partial charge is 0.352 e. The zero-order valence-corrected chi connectivity index (χ0v) is 6.77. The van der Waals surface area contributed by atoms with Gasteiger partial charge in [-0.3, -0.25) is 0 Å². The van der Waals surface area contributed by atoms with E-state index in [0.717, 1.165) is 4.68 Å². The fraction of sp³-hybridized carbons (Fsp3) is 0.167. The lowest BCUT2D eigenvalue weighted by molar-refractivity contribution is 0.710. The smallest absolute Gasteiger partial charge is 0.245 e. The predicted octanol–water partition coefficient (Wildman–Crippen LogP) is 0.0873. The van der Waals surface area contributed by atoms with Crippen LogP contribution in [0.25, 0.3) is 5.78 Å². The van der Waals surface area contributed by atoms with Crippen molar-refractivity contribution in [1.29, 1.82) is 0 Å². The van der Waals surface area contributed by atoms with E-state index in [9.17, 15) is 4.79 Å². The van der Waals surface area contributed by atoms with Gasteiger partial charge < -0.3 is 0 Å². The van der Waals surface area contributed by atoms with Crippen LogP contribution in [0, 0.1) is 0 Å². The summed E-state index contributed by atoms with van der Waals surface area (Å²) < 4.78 is 2.48. The zero-order chi connectivity index (χ0) is 8.55.